The van der Waals surface area contributed by atoms with Gasteiger partial charge in [0.1, 0.15) is 11.5 Å². The molecule has 0 spiro atoms. The number of hydrogen-bond acceptors (Lipinski definition) is 7. The van der Waals surface area contributed by atoms with Gasteiger partial charge in [-0.2, -0.15) is 5.10 Å². The van der Waals surface area contributed by atoms with Crippen molar-refractivity contribution in [3.63, 3.8) is 0 Å². The van der Waals surface area contributed by atoms with E-state index in [0.717, 1.165) is 5.69 Å². The van der Waals surface area contributed by atoms with E-state index in [0.29, 0.717) is 33.9 Å². The number of aliphatic hydroxyl groups is 2. The summed E-state index contributed by atoms with van der Waals surface area (Å²) in [5.41, 5.74) is 3.84. The molecule has 3 aromatic heterocycles. The molecule has 0 bridgehead atoms. The molecule has 182 valence electrons. The van der Waals surface area contributed by atoms with Crippen molar-refractivity contribution in [3.8, 4) is 22.7 Å². The monoisotopic (exact) mass is 501 g/mol. The number of nitrogens with zero attached hydrogens (tertiary/aromatic N) is 3. The number of fused-ring (bicyclic) bond motifs is 1. The van der Waals surface area contributed by atoms with Crippen molar-refractivity contribution >= 4 is 17.7 Å². The van der Waals surface area contributed by atoms with E-state index in [1.54, 1.807) is 47.2 Å². The van der Waals surface area contributed by atoms with Crippen LogP contribution in [0.25, 0.3) is 34.4 Å². The summed E-state index contributed by atoms with van der Waals surface area (Å²) < 4.78 is 20.9. The molecule has 0 aliphatic carbocycles. The van der Waals surface area contributed by atoms with E-state index in [9.17, 15) is 24.5 Å². The van der Waals surface area contributed by atoms with Crippen molar-refractivity contribution in [2.24, 2.45) is 0 Å². The molecule has 0 aliphatic heterocycles. The molecule has 8 nitrogen and oxygen atoms in total. The van der Waals surface area contributed by atoms with Gasteiger partial charge in [0.05, 0.1) is 29.9 Å². The Morgan fingerprint density at radius 1 is 1.22 bits per heavy atom. The molecule has 0 unspecified atom stereocenters. The quantitative estimate of drug-likeness (QED) is 0.314. The molecule has 10 heteroatoms. The van der Waals surface area contributed by atoms with Gasteiger partial charge in [-0.05, 0) is 42.3 Å². The molecule has 0 aliphatic rings. The molecule has 0 saturated heterocycles. The van der Waals surface area contributed by atoms with Crippen LogP contribution in [0.2, 0.25) is 0 Å². The summed E-state index contributed by atoms with van der Waals surface area (Å²) in [7, 11) is 0. The van der Waals surface area contributed by atoms with Crippen LogP contribution in [-0.2, 0) is 4.79 Å². The van der Waals surface area contributed by atoms with Gasteiger partial charge in [0.15, 0.2) is 11.4 Å². The van der Waals surface area contributed by atoms with Crippen LogP contribution >= 0.6 is 0 Å². The Morgan fingerprint density at radius 2 is 1.94 bits per heavy atom. The largest absolute Gasteiger partial charge is 1.00 e. The Morgan fingerprint density at radius 3 is 2.56 bits per heavy atom. The number of carboxylic acids is 1. The number of carbonyl (C=O) groups excluding carboxylic acids is 1. The third-order valence-corrected chi connectivity index (χ3v) is 5.51. The third-order valence-electron chi connectivity index (χ3n) is 5.51. The second-order valence-electron chi connectivity index (χ2n) is 8.59. The van der Waals surface area contributed by atoms with Crippen molar-refractivity contribution in [2.75, 3.05) is 0 Å². The maximum Gasteiger partial charge on any atom is 1.00 e. The fourth-order valence-electron chi connectivity index (χ4n) is 3.91. The zero-order valence-corrected chi connectivity index (χ0v) is 22.3. The summed E-state index contributed by atoms with van der Waals surface area (Å²) in [5.74, 6) is -1.22. The fraction of sp³-hybridized carbons (Fsp3) is 0.269. The minimum atomic E-state index is -1.39. The van der Waals surface area contributed by atoms with Crippen LogP contribution in [0.1, 0.15) is 43.9 Å². The third kappa shape index (κ3) is 6.29. The first kappa shape index (κ1) is 27.8. The van der Waals surface area contributed by atoms with Crippen LogP contribution in [0.5, 0.6) is 0 Å². The molecule has 2 N–H and O–H groups in total. The molecular weight excluding hydrogens is 476 g/mol. The first-order valence-corrected chi connectivity index (χ1v) is 11.2. The average molecular weight is 501 g/mol. The molecule has 0 saturated carbocycles. The van der Waals surface area contributed by atoms with Crippen LogP contribution in [0.3, 0.4) is 0 Å². The van der Waals surface area contributed by atoms with Gasteiger partial charge in [-0.15, -0.1) is 0 Å². The van der Waals surface area contributed by atoms with Gasteiger partial charge in [-0.3, -0.25) is 0 Å². The Balaban J connectivity index is 0.00000361. The molecule has 0 amide bonds. The van der Waals surface area contributed by atoms with E-state index >= 15 is 0 Å². The predicted molar refractivity (Wildman–Crippen MR) is 125 cm³/mol. The van der Waals surface area contributed by atoms with Crippen LogP contribution < -0.4 is 34.7 Å². The van der Waals surface area contributed by atoms with E-state index < -0.39 is 24.6 Å². The number of halogens is 1. The second kappa shape index (κ2) is 11.9. The zero-order chi connectivity index (χ0) is 25.1. The zero-order valence-electron chi connectivity index (χ0n) is 20.3. The topological polar surface area (TPSA) is 124 Å². The molecule has 4 rings (SSSR count). The number of benzene rings is 1. The molecule has 3 heterocycles. The molecular formula is C26H25FN3NaO5. The van der Waals surface area contributed by atoms with Crippen LogP contribution in [0.4, 0.5) is 4.39 Å². The standard InChI is InChI=1S/C26H26FN3O5.Na/c1-15(2)25-20(10-9-18(31)12-19(32)13-24(33)34)26(16-5-7-17(27)8-6-16)30-23(28-25)14-21(29-30)22-4-3-11-35-22;/h3-11,14-15,18-19,31-32H,12-13H2,1-2H3,(H,33,34);/q;+1/p-1/b10-9+;/t18-,19-;/m1./s1. The van der Waals surface area contributed by atoms with Crippen LogP contribution in [-0.4, -0.2) is 43.0 Å². The first-order valence-electron chi connectivity index (χ1n) is 11.2. The van der Waals surface area contributed by atoms with Gasteiger partial charge in [0, 0.05) is 36.0 Å². The number of furan rings is 1. The van der Waals surface area contributed by atoms with Crippen molar-refractivity contribution in [3.05, 3.63) is 71.9 Å². The normalized spacial score (nSPS) is 13.3. The van der Waals surface area contributed by atoms with E-state index in [2.05, 4.69) is 5.10 Å². The summed E-state index contributed by atoms with van der Waals surface area (Å²) >= 11 is 0. The number of rotatable bonds is 9. The van der Waals surface area contributed by atoms with Gasteiger partial charge in [0.25, 0.3) is 0 Å². The fourth-order valence-corrected chi connectivity index (χ4v) is 3.91. The number of carbonyl (C=O) groups is 1. The number of aliphatic carboxylic acids is 1. The molecule has 0 fully saturated rings. The Bertz CT molecular complexity index is 1350. The molecule has 36 heavy (non-hydrogen) atoms. The minimum absolute atomic E-state index is 0. The predicted octanol–water partition coefficient (Wildman–Crippen LogP) is 0.188. The van der Waals surface area contributed by atoms with Crippen molar-refractivity contribution in [2.45, 2.75) is 44.8 Å². The summed E-state index contributed by atoms with van der Waals surface area (Å²) in [5, 5.41) is 35.6. The number of aromatic nitrogens is 3. The van der Waals surface area contributed by atoms with E-state index in [1.165, 1.54) is 18.2 Å². The van der Waals surface area contributed by atoms with Crippen LogP contribution in [0, 0.1) is 5.82 Å². The van der Waals surface area contributed by atoms with E-state index in [4.69, 9.17) is 9.40 Å². The van der Waals surface area contributed by atoms with Gasteiger partial charge < -0.3 is 24.5 Å². The van der Waals surface area contributed by atoms with E-state index in [1.807, 2.05) is 13.8 Å². The number of aliphatic hydroxyl groups excluding tert-OH is 2. The van der Waals surface area contributed by atoms with E-state index in [-0.39, 0.29) is 47.7 Å². The average Bonchev–Trinajstić information content (AvgIpc) is 3.46. The van der Waals surface area contributed by atoms with Crippen LogP contribution in [0.15, 0.2) is 59.2 Å². The Hall–Kier alpha value is -2.82. The van der Waals surface area contributed by atoms with Crippen molar-refractivity contribution < 1.29 is 58.5 Å². The molecule has 4 aromatic rings. The summed E-state index contributed by atoms with van der Waals surface area (Å²) in [6.07, 6.45) is 1.59. The Kier molecular flexibility index (Phi) is 9.21. The number of hydrogen-bond donors (Lipinski definition) is 2. The van der Waals surface area contributed by atoms with Crippen molar-refractivity contribution in [1.82, 2.24) is 14.6 Å². The molecule has 1 aromatic carbocycles. The number of carboxylic acid groups (broad SMARTS) is 1. The first-order chi connectivity index (χ1) is 16.7. The summed E-state index contributed by atoms with van der Waals surface area (Å²) in [6, 6.07) is 11.3. The smallest absolute Gasteiger partial charge is 0.550 e. The molecule has 0 radical (unpaired) electrons. The SMILES string of the molecule is CC(C)c1nc2cc(-c3ccco3)nn2c(-c2ccc(F)cc2)c1/C=C/[C@@H](O)C[C@@H](O)CC(=O)[O-].[Na+]. The summed E-state index contributed by atoms with van der Waals surface area (Å²) in [4.78, 5) is 15.5. The maximum absolute atomic E-state index is 13.7. The van der Waals surface area contributed by atoms with Gasteiger partial charge in [-0.25, -0.2) is 13.9 Å². The summed E-state index contributed by atoms with van der Waals surface area (Å²) in [6.45, 7) is 3.96. The van der Waals surface area contributed by atoms with Crippen molar-refractivity contribution in [1.29, 1.82) is 0 Å². The van der Waals surface area contributed by atoms with Gasteiger partial charge in [-0.1, -0.05) is 26.0 Å². The van der Waals surface area contributed by atoms with Gasteiger partial charge in [0.2, 0.25) is 0 Å². The molecule has 2 atom stereocenters. The second-order valence-corrected chi connectivity index (χ2v) is 8.59. The Labute approximate surface area is 229 Å². The minimum Gasteiger partial charge on any atom is -0.550 e. The maximum atomic E-state index is 13.7. The van der Waals surface area contributed by atoms with Gasteiger partial charge >= 0.3 is 29.6 Å².